The highest BCUT2D eigenvalue weighted by Gasteiger charge is 2.35. The van der Waals surface area contributed by atoms with Gasteiger partial charge in [-0.15, -0.1) is 0 Å². The van der Waals surface area contributed by atoms with Crippen molar-refractivity contribution in [1.29, 1.82) is 0 Å². The van der Waals surface area contributed by atoms with Gasteiger partial charge in [0.15, 0.2) is 5.76 Å². The number of nitrogens with one attached hydrogen (secondary N) is 1. The standard InChI is InChI=1S/C21H24N6O6S/c1-13-12-19(26(23-13)17-4-6-18(7-5-17)27(29)30)22-21(28)16-8-10-25(11-9-16)34(31,32)20-14(2)24-33-15(20)3/h4-7,12,16H,8-11H2,1-3H3,(H,22,28). The summed E-state index contributed by atoms with van der Waals surface area (Å²) < 4.78 is 33.9. The van der Waals surface area contributed by atoms with Crippen molar-refractivity contribution in [2.45, 2.75) is 38.5 Å². The van der Waals surface area contributed by atoms with Gasteiger partial charge in [0.25, 0.3) is 5.69 Å². The number of piperidine rings is 1. The summed E-state index contributed by atoms with van der Waals surface area (Å²) in [4.78, 5) is 23.5. The first-order chi connectivity index (χ1) is 16.1. The largest absolute Gasteiger partial charge is 0.360 e. The van der Waals surface area contributed by atoms with Crippen LogP contribution in [0, 0.1) is 36.8 Å². The van der Waals surface area contributed by atoms with Crippen molar-refractivity contribution in [3.8, 4) is 5.69 Å². The van der Waals surface area contributed by atoms with E-state index in [0.29, 0.717) is 35.7 Å². The number of nitro groups is 1. The lowest BCUT2D eigenvalue weighted by molar-refractivity contribution is -0.384. The maximum absolute atomic E-state index is 13.0. The number of carbonyl (C=O) groups is 1. The number of amides is 1. The molecule has 4 rings (SSSR count). The minimum absolute atomic E-state index is 0.0449. The molecule has 3 heterocycles. The third-order valence-corrected chi connectivity index (χ3v) is 7.92. The van der Waals surface area contributed by atoms with Crippen LogP contribution in [0.3, 0.4) is 0 Å². The van der Waals surface area contributed by atoms with Crippen LogP contribution in [0.1, 0.15) is 30.0 Å². The van der Waals surface area contributed by atoms with Crippen LogP contribution in [0.25, 0.3) is 5.69 Å². The Hall–Kier alpha value is -3.58. The number of anilines is 1. The fourth-order valence-electron chi connectivity index (χ4n) is 4.06. The number of aryl methyl sites for hydroxylation is 3. The van der Waals surface area contributed by atoms with Crippen LogP contribution in [0.4, 0.5) is 11.5 Å². The molecule has 1 N–H and O–H groups in total. The fraction of sp³-hybridized carbons (Fsp3) is 0.381. The second kappa shape index (κ2) is 8.99. The van der Waals surface area contributed by atoms with Crippen molar-refractivity contribution >= 4 is 27.4 Å². The van der Waals surface area contributed by atoms with Gasteiger partial charge in [-0.25, -0.2) is 13.1 Å². The van der Waals surface area contributed by atoms with Gasteiger partial charge >= 0.3 is 0 Å². The zero-order valence-corrected chi connectivity index (χ0v) is 19.7. The lowest BCUT2D eigenvalue weighted by Gasteiger charge is -2.30. The summed E-state index contributed by atoms with van der Waals surface area (Å²) in [6, 6.07) is 7.55. The molecular weight excluding hydrogens is 464 g/mol. The first-order valence-electron chi connectivity index (χ1n) is 10.6. The lowest BCUT2D eigenvalue weighted by Crippen LogP contribution is -2.41. The average molecular weight is 489 g/mol. The Labute approximate surface area is 195 Å². The van der Waals surface area contributed by atoms with E-state index in [1.165, 1.54) is 21.1 Å². The molecule has 1 aliphatic rings. The second-order valence-corrected chi connectivity index (χ2v) is 10.1. The molecule has 0 bridgehead atoms. The van der Waals surface area contributed by atoms with Gasteiger partial charge in [-0.2, -0.15) is 9.40 Å². The number of sulfonamides is 1. The molecule has 1 amide bonds. The number of nitro benzene ring substituents is 1. The molecule has 180 valence electrons. The van der Waals surface area contributed by atoms with Gasteiger partial charge in [-0.1, -0.05) is 5.16 Å². The van der Waals surface area contributed by atoms with Gasteiger partial charge in [-0.05, 0) is 45.7 Å². The fourth-order valence-corrected chi connectivity index (χ4v) is 5.82. The van der Waals surface area contributed by atoms with E-state index in [2.05, 4.69) is 15.6 Å². The first-order valence-corrected chi connectivity index (χ1v) is 12.1. The molecule has 3 aromatic rings. The lowest BCUT2D eigenvalue weighted by atomic mass is 9.97. The molecule has 2 aromatic heterocycles. The van der Waals surface area contributed by atoms with Gasteiger partial charge in [0, 0.05) is 37.2 Å². The zero-order valence-electron chi connectivity index (χ0n) is 18.9. The molecule has 0 saturated carbocycles. The minimum Gasteiger partial charge on any atom is -0.360 e. The van der Waals surface area contributed by atoms with Gasteiger partial charge in [0.05, 0.1) is 16.3 Å². The summed E-state index contributed by atoms with van der Waals surface area (Å²) in [7, 11) is -3.75. The summed E-state index contributed by atoms with van der Waals surface area (Å²) in [6.45, 7) is 5.31. The van der Waals surface area contributed by atoms with Crippen molar-refractivity contribution in [2.75, 3.05) is 18.4 Å². The van der Waals surface area contributed by atoms with Crippen molar-refractivity contribution in [3.05, 3.63) is 57.6 Å². The third-order valence-electron chi connectivity index (χ3n) is 5.78. The Bertz CT molecular complexity index is 1320. The Morgan fingerprint density at radius 3 is 2.38 bits per heavy atom. The van der Waals surface area contributed by atoms with Gasteiger partial charge in [0.1, 0.15) is 16.4 Å². The second-order valence-electron chi connectivity index (χ2n) is 8.18. The SMILES string of the molecule is Cc1cc(NC(=O)C2CCN(S(=O)(=O)c3c(C)noc3C)CC2)n(-c2ccc([N+](=O)[O-])cc2)n1. The number of non-ortho nitro benzene ring substituents is 1. The number of aromatic nitrogens is 3. The van der Waals surface area contributed by atoms with Crippen LogP contribution in [-0.2, 0) is 14.8 Å². The molecule has 12 nitrogen and oxygen atoms in total. The van der Waals surface area contributed by atoms with Gasteiger partial charge in [0.2, 0.25) is 15.9 Å². The summed E-state index contributed by atoms with van der Waals surface area (Å²) in [5.41, 5.74) is 1.49. The molecule has 0 unspecified atom stereocenters. The Balaban J connectivity index is 1.45. The number of nitrogens with zero attached hydrogens (tertiary/aromatic N) is 5. The number of benzene rings is 1. The molecule has 34 heavy (non-hydrogen) atoms. The van der Waals surface area contributed by atoms with Crippen LogP contribution in [-0.4, -0.2) is 51.6 Å². The van der Waals surface area contributed by atoms with Crippen LogP contribution in [0.5, 0.6) is 0 Å². The molecule has 0 spiro atoms. The van der Waals surface area contributed by atoms with Crippen LogP contribution in [0.15, 0.2) is 39.8 Å². The van der Waals surface area contributed by atoms with E-state index < -0.39 is 14.9 Å². The number of rotatable bonds is 6. The van der Waals surface area contributed by atoms with Crippen LogP contribution in [0.2, 0.25) is 0 Å². The summed E-state index contributed by atoms with van der Waals surface area (Å²) in [6.07, 6.45) is 0.720. The van der Waals surface area contributed by atoms with Crippen molar-refractivity contribution < 1.29 is 22.7 Å². The van der Waals surface area contributed by atoms with Crippen molar-refractivity contribution in [2.24, 2.45) is 5.92 Å². The number of hydrogen-bond acceptors (Lipinski definition) is 8. The van der Waals surface area contributed by atoms with Crippen molar-refractivity contribution in [1.82, 2.24) is 19.2 Å². The van der Waals surface area contributed by atoms with E-state index in [0.717, 1.165) is 0 Å². The van der Waals surface area contributed by atoms with Gasteiger partial charge < -0.3 is 9.84 Å². The third kappa shape index (κ3) is 4.43. The number of hydrogen-bond donors (Lipinski definition) is 1. The molecule has 0 aliphatic carbocycles. The van der Waals surface area contributed by atoms with Crippen LogP contribution >= 0.6 is 0 Å². The molecule has 13 heteroatoms. The molecule has 1 saturated heterocycles. The molecule has 0 atom stereocenters. The Kier molecular flexibility index (Phi) is 6.23. The molecular formula is C21H24N6O6S. The minimum atomic E-state index is -3.75. The van der Waals surface area contributed by atoms with E-state index in [1.807, 2.05) is 0 Å². The highest BCUT2D eigenvalue weighted by molar-refractivity contribution is 7.89. The Morgan fingerprint density at radius 1 is 1.18 bits per heavy atom. The predicted octanol–water partition coefficient (Wildman–Crippen LogP) is 2.73. The van der Waals surface area contributed by atoms with E-state index >= 15 is 0 Å². The maximum Gasteiger partial charge on any atom is 0.269 e. The quantitative estimate of drug-likeness (QED) is 0.410. The number of carbonyl (C=O) groups excluding carboxylic acids is 1. The monoisotopic (exact) mass is 488 g/mol. The maximum atomic E-state index is 13.0. The normalized spacial score (nSPS) is 15.4. The molecule has 1 aromatic carbocycles. The highest BCUT2D eigenvalue weighted by atomic mass is 32.2. The molecule has 1 fully saturated rings. The Morgan fingerprint density at radius 2 is 1.82 bits per heavy atom. The summed E-state index contributed by atoms with van der Waals surface area (Å²) in [5.74, 6) is 0.0588. The first kappa shape index (κ1) is 23.6. The van der Waals surface area contributed by atoms with Crippen molar-refractivity contribution in [3.63, 3.8) is 0 Å². The summed E-state index contributed by atoms with van der Waals surface area (Å²) in [5, 5.41) is 21.9. The van der Waals surface area contributed by atoms with E-state index in [-0.39, 0.29) is 41.3 Å². The average Bonchev–Trinajstić information content (AvgIpc) is 3.34. The van der Waals surface area contributed by atoms with E-state index in [1.54, 1.807) is 39.0 Å². The summed E-state index contributed by atoms with van der Waals surface area (Å²) >= 11 is 0. The predicted molar refractivity (Wildman–Crippen MR) is 121 cm³/mol. The van der Waals surface area contributed by atoms with Gasteiger partial charge in [-0.3, -0.25) is 14.9 Å². The smallest absolute Gasteiger partial charge is 0.269 e. The topological polar surface area (TPSA) is 153 Å². The van der Waals surface area contributed by atoms with E-state index in [4.69, 9.17) is 4.52 Å². The van der Waals surface area contributed by atoms with Crippen LogP contribution < -0.4 is 5.32 Å². The molecule has 1 aliphatic heterocycles. The zero-order chi connectivity index (χ0) is 24.6. The van der Waals surface area contributed by atoms with E-state index in [9.17, 15) is 23.3 Å². The highest BCUT2D eigenvalue weighted by Crippen LogP contribution is 2.28. The molecule has 0 radical (unpaired) electrons.